The number of aromatic nitrogens is 2. The first-order valence-electron chi connectivity index (χ1n) is 8.18. The molecule has 0 amide bonds. The van der Waals surface area contributed by atoms with Crippen LogP contribution in [-0.2, 0) is 0 Å². The number of imidazole rings is 1. The molecule has 2 saturated heterocycles. The van der Waals surface area contributed by atoms with Crippen molar-refractivity contribution in [1.82, 2.24) is 14.9 Å². The fourth-order valence-corrected chi connectivity index (χ4v) is 4.59. The lowest BCUT2D eigenvalue weighted by Gasteiger charge is -2.33. The van der Waals surface area contributed by atoms with Crippen molar-refractivity contribution in [2.24, 2.45) is 0 Å². The second kappa shape index (κ2) is 4.93. The van der Waals surface area contributed by atoms with E-state index in [-0.39, 0.29) is 0 Å². The Hall–Kier alpha value is -0.830. The molecule has 1 aromatic rings. The van der Waals surface area contributed by atoms with Crippen molar-refractivity contribution in [2.75, 3.05) is 0 Å². The predicted octanol–water partition coefficient (Wildman–Crippen LogP) is 3.39. The summed E-state index contributed by atoms with van der Waals surface area (Å²) >= 11 is 0. The Labute approximate surface area is 115 Å². The van der Waals surface area contributed by atoms with Gasteiger partial charge in [0.05, 0.1) is 6.33 Å². The molecule has 3 aliphatic rings. The molecule has 3 fully saturated rings. The summed E-state index contributed by atoms with van der Waals surface area (Å²) < 4.78 is 2.54. The molecular weight excluding hydrogens is 234 g/mol. The number of rotatable bonds is 2. The highest BCUT2D eigenvalue weighted by molar-refractivity contribution is 5.10. The molecule has 4 rings (SSSR count). The quantitative estimate of drug-likeness (QED) is 0.882. The monoisotopic (exact) mass is 259 g/mol. The Balaban J connectivity index is 1.56. The van der Waals surface area contributed by atoms with Crippen molar-refractivity contribution in [2.45, 2.75) is 81.8 Å². The standard InChI is InChI=1S/C16H25N3/c1-2-4-12(5-3-1)16-10-17-11-19(16)15-8-13-6-7-14(9-15)18-13/h10-15,18H,1-9H2. The molecule has 19 heavy (non-hydrogen) atoms. The predicted molar refractivity (Wildman–Crippen MR) is 76.3 cm³/mol. The zero-order valence-corrected chi connectivity index (χ0v) is 11.7. The number of hydrogen-bond acceptors (Lipinski definition) is 2. The van der Waals surface area contributed by atoms with E-state index in [2.05, 4.69) is 27.4 Å². The van der Waals surface area contributed by atoms with Gasteiger partial charge in [-0.05, 0) is 38.5 Å². The summed E-state index contributed by atoms with van der Waals surface area (Å²) in [6.07, 6.45) is 16.7. The van der Waals surface area contributed by atoms with Crippen LogP contribution in [0.1, 0.15) is 75.4 Å². The maximum absolute atomic E-state index is 4.49. The molecule has 1 aromatic heterocycles. The third kappa shape index (κ3) is 2.22. The van der Waals surface area contributed by atoms with Crippen LogP contribution in [0.3, 0.4) is 0 Å². The molecule has 2 aliphatic heterocycles. The van der Waals surface area contributed by atoms with Gasteiger partial charge in [0, 0.05) is 35.9 Å². The summed E-state index contributed by atoms with van der Waals surface area (Å²) in [6, 6.07) is 2.24. The van der Waals surface area contributed by atoms with Crippen molar-refractivity contribution in [3.63, 3.8) is 0 Å². The molecule has 104 valence electrons. The van der Waals surface area contributed by atoms with E-state index in [1.807, 2.05) is 0 Å². The summed E-state index contributed by atoms with van der Waals surface area (Å²) in [5.41, 5.74) is 1.53. The lowest BCUT2D eigenvalue weighted by molar-refractivity contribution is 0.286. The second-order valence-electron chi connectivity index (χ2n) is 6.82. The van der Waals surface area contributed by atoms with Gasteiger partial charge >= 0.3 is 0 Å². The van der Waals surface area contributed by atoms with E-state index in [1.165, 1.54) is 63.5 Å². The Morgan fingerprint density at radius 2 is 1.74 bits per heavy atom. The molecule has 2 unspecified atom stereocenters. The molecular formula is C16H25N3. The van der Waals surface area contributed by atoms with Crippen molar-refractivity contribution in [3.8, 4) is 0 Å². The average molecular weight is 259 g/mol. The third-order valence-corrected chi connectivity index (χ3v) is 5.56. The van der Waals surface area contributed by atoms with E-state index in [1.54, 1.807) is 0 Å². The molecule has 0 aromatic carbocycles. The Bertz CT molecular complexity index is 421. The summed E-state index contributed by atoms with van der Waals surface area (Å²) in [4.78, 5) is 4.49. The maximum Gasteiger partial charge on any atom is 0.0950 e. The van der Waals surface area contributed by atoms with Gasteiger partial charge in [-0.2, -0.15) is 0 Å². The van der Waals surface area contributed by atoms with Crippen LogP contribution in [0.2, 0.25) is 0 Å². The molecule has 3 heteroatoms. The minimum Gasteiger partial charge on any atom is -0.331 e. The van der Waals surface area contributed by atoms with Gasteiger partial charge in [-0.15, -0.1) is 0 Å². The van der Waals surface area contributed by atoms with Crippen LogP contribution in [-0.4, -0.2) is 21.6 Å². The number of piperidine rings is 1. The molecule has 0 spiro atoms. The first-order chi connectivity index (χ1) is 9.40. The fourth-order valence-electron chi connectivity index (χ4n) is 4.59. The van der Waals surface area contributed by atoms with E-state index in [0.29, 0.717) is 6.04 Å². The number of hydrogen-bond donors (Lipinski definition) is 1. The fraction of sp³-hybridized carbons (Fsp3) is 0.812. The van der Waals surface area contributed by atoms with Crippen LogP contribution in [0, 0.1) is 0 Å². The Morgan fingerprint density at radius 3 is 2.47 bits per heavy atom. The smallest absolute Gasteiger partial charge is 0.0950 e. The minimum atomic E-state index is 0.707. The summed E-state index contributed by atoms with van der Waals surface area (Å²) in [5.74, 6) is 0.781. The van der Waals surface area contributed by atoms with E-state index < -0.39 is 0 Å². The van der Waals surface area contributed by atoms with Gasteiger partial charge in [-0.25, -0.2) is 4.98 Å². The normalized spacial score (nSPS) is 35.7. The first-order valence-corrected chi connectivity index (χ1v) is 8.18. The zero-order valence-electron chi connectivity index (χ0n) is 11.7. The van der Waals surface area contributed by atoms with Gasteiger partial charge < -0.3 is 9.88 Å². The molecule has 0 radical (unpaired) electrons. The highest BCUT2D eigenvalue weighted by atomic mass is 15.1. The van der Waals surface area contributed by atoms with E-state index >= 15 is 0 Å². The van der Waals surface area contributed by atoms with Gasteiger partial charge in [0.15, 0.2) is 0 Å². The molecule has 2 atom stereocenters. The van der Waals surface area contributed by atoms with E-state index in [9.17, 15) is 0 Å². The number of nitrogens with one attached hydrogen (secondary N) is 1. The summed E-state index contributed by atoms with van der Waals surface area (Å²) in [5, 5.41) is 3.75. The van der Waals surface area contributed by atoms with Gasteiger partial charge in [-0.3, -0.25) is 0 Å². The molecule has 1 N–H and O–H groups in total. The third-order valence-electron chi connectivity index (χ3n) is 5.56. The van der Waals surface area contributed by atoms with Crippen molar-refractivity contribution in [3.05, 3.63) is 18.2 Å². The van der Waals surface area contributed by atoms with Crippen LogP contribution in [0.5, 0.6) is 0 Å². The van der Waals surface area contributed by atoms with Crippen molar-refractivity contribution < 1.29 is 0 Å². The molecule has 1 aliphatic carbocycles. The zero-order chi connectivity index (χ0) is 12.7. The molecule has 3 nitrogen and oxygen atoms in total. The Morgan fingerprint density at radius 1 is 1.00 bits per heavy atom. The van der Waals surface area contributed by atoms with Gasteiger partial charge in [0.2, 0.25) is 0 Å². The van der Waals surface area contributed by atoms with E-state index in [4.69, 9.17) is 0 Å². The summed E-state index contributed by atoms with van der Waals surface area (Å²) in [6.45, 7) is 0. The average Bonchev–Trinajstić information content (AvgIpc) is 3.07. The molecule has 2 bridgehead atoms. The van der Waals surface area contributed by atoms with Crippen LogP contribution >= 0.6 is 0 Å². The van der Waals surface area contributed by atoms with Crippen molar-refractivity contribution in [1.29, 1.82) is 0 Å². The summed E-state index contributed by atoms with van der Waals surface area (Å²) in [7, 11) is 0. The van der Waals surface area contributed by atoms with Crippen LogP contribution < -0.4 is 5.32 Å². The lowest BCUT2D eigenvalue weighted by atomic mass is 9.86. The topological polar surface area (TPSA) is 29.9 Å². The minimum absolute atomic E-state index is 0.707. The van der Waals surface area contributed by atoms with E-state index in [0.717, 1.165) is 18.0 Å². The van der Waals surface area contributed by atoms with Gasteiger partial charge in [0.1, 0.15) is 0 Å². The second-order valence-corrected chi connectivity index (χ2v) is 6.82. The van der Waals surface area contributed by atoms with Crippen molar-refractivity contribution >= 4 is 0 Å². The highest BCUT2D eigenvalue weighted by Gasteiger charge is 2.35. The number of fused-ring (bicyclic) bond motifs is 2. The largest absolute Gasteiger partial charge is 0.331 e. The SMILES string of the molecule is c1ncn(C2CC3CCC(C2)N3)c1C1CCCCC1. The number of nitrogens with zero attached hydrogens (tertiary/aromatic N) is 2. The van der Waals surface area contributed by atoms with Crippen LogP contribution in [0.15, 0.2) is 12.5 Å². The van der Waals surface area contributed by atoms with Gasteiger partial charge in [-0.1, -0.05) is 19.3 Å². The van der Waals surface area contributed by atoms with Crippen LogP contribution in [0.4, 0.5) is 0 Å². The maximum atomic E-state index is 4.49. The molecule has 1 saturated carbocycles. The molecule has 3 heterocycles. The lowest BCUT2D eigenvalue weighted by Crippen LogP contribution is -2.39. The first kappa shape index (κ1) is 12.0. The van der Waals surface area contributed by atoms with Gasteiger partial charge in [0.25, 0.3) is 0 Å². The Kier molecular flexibility index (Phi) is 3.10. The van der Waals surface area contributed by atoms with Crippen LogP contribution in [0.25, 0.3) is 0 Å². The highest BCUT2D eigenvalue weighted by Crippen LogP contribution is 2.38.